The van der Waals surface area contributed by atoms with Gasteiger partial charge in [-0.25, -0.2) is 0 Å². The van der Waals surface area contributed by atoms with Gasteiger partial charge in [0, 0.05) is 29.4 Å². The lowest BCUT2D eigenvalue weighted by molar-refractivity contribution is -0.0224. The maximum atomic E-state index is 3.08. The van der Waals surface area contributed by atoms with Gasteiger partial charge in [-0.3, -0.25) is 0 Å². The molecule has 0 nitrogen and oxygen atoms in total. The van der Waals surface area contributed by atoms with Gasteiger partial charge in [-0.1, -0.05) is 65.0 Å². The molecule has 2 aliphatic heterocycles. The standard InChI is InChI=1S/C30H54Si4/c1-19(2)31(5,6)33-29(25-11-21-9-22(13-25)14-26(29)12-21)34(33,32(7,8)20(3)4)30(33)27-15-23-10-24(17-27)18-28(30)16-23/h19-28H,9-18H2,1-8H3. The third-order valence-corrected chi connectivity index (χ3v) is 89.5. The van der Waals surface area contributed by atoms with E-state index in [4.69, 9.17) is 0 Å². The molecule has 34 heavy (non-hydrogen) atoms. The minimum atomic E-state index is -1.26. The Morgan fingerprint density at radius 1 is 0.471 bits per heavy atom. The van der Waals surface area contributed by atoms with E-state index in [0.717, 1.165) is 20.4 Å². The van der Waals surface area contributed by atoms with Crippen LogP contribution in [-0.4, -0.2) is 29.4 Å². The first kappa shape index (κ1) is 22.8. The van der Waals surface area contributed by atoms with Gasteiger partial charge in [0.15, 0.2) is 0 Å². The molecule has 2 heterocycles. The van der Waals surface area contributed by atoms with Gasteiger partial charge in [0.1, 0.15) is 0 Å². The van der Waals surface area contributed by atoms with E-state index in [1.54, 1.807) is 64.2 Å². The molecule has 0 aromatic heterocycles. The summed E-state index contributed by atoms with van der Waals surface area (Å²) in [7, 11) is -5.01. The van der Waals surface area contributed by atoms with Crippen LogP contribution in [0.5, 0.6) is 0 Å². The first-order valence-electron chi connectivity index (χ1n) is 16.0. The summed E-state index contributed by atoms with van der Waals surface area (Å²) >= 11 is 0. The highest BCUT2D eigenvalue weighted by atomic mass is 29.9. The molecule has 0 atom stereocenters. The van der Waals surface area contributed by atoms with Crippen LogP contribution in [-0.2, 0) is 0 Å². The largest absolute Gasteiger partial charge is 0.0713 e. The van der Waals surface area contributed by atoms with E-state index in [-0.39, 0.29) is 0 Å². The van der Waals surface area contributed by atoms with Crippen LogP contribution < -0.4 is 0 Å². The van der Waals surface area contributed by atoms with Crippen molar-refractivity contribution in [2.24, 2.45) is 47.3 Å². The lowest BCUT2D eigenvalue weighted by Gasteiger charge is -2.71. The van der Waals surface area contributed by atoms with Crippen LogP contribution in [0, 0.1) is 47.3 Å². The van der Waals surface area contributed by atoms with Crippen molar-refractivity contribution in [3.05, 3.63) is 0 Å². The Balaban J connectivity index is 1.42. The smallest absolute Gasteiger partial charge is 0.0483 e. The fraction of sp³-hybridized carbons (Fsp3) is 1.00. The fourth-order valence-corrected chi connectivity index (χ4v) is 152. The van der Waals surface area contributed by atoms with Crippen LogP contribution in [0.4, 0.5) is 0 Å². The molecule has 8 aliphatic carbocycles. The van der Waals surface area contributed by atoms with Gasteiger partial charge < -0.3 is 0 Å². The number of fused-ring (bicyclic) bond motifs is 1. The van der Waals surface area contributed by atoms with Gasteiger partial charge >= 0.3 is 0 Å². The van der Waals surface area contributed by atoms with Crippen LogP contribution in [0.25, 0.3) is 0 Å². The molecule has 10 rings (SSSR count). The summed E-state index contributed by atoms with van der Waals surface area (Å²) in [5.41, 5.74) is 2.10. The first-order valence-corrected chi connectivity index (χ1v) is 29.1. The molecule has 0 unspecified atom stereocenters. The zero-order valence-electron chi connectivity index (χ0n) is 23.8. The van der Waals surface area contributed by atoms with E-state index in [1.807, 2.05) is 0 Å². The highest BCUT2D eigenvalue weighted by molar-refractivity contribution is 8.11. The van der Waals surface area contributed by atoms with Crippen molar-refractivity contribution in [2.45, 2.75) is 138 Å². The van der Waals surface area contributed by atoms with E-state index < -0.39 is 29.4 Å². The van der Waals surface area contributed by atoms with Crippen LogP contribution in [0.2, 0.25) is 46.6 Å². The van der Waals surface area contributed by atoms with E-state index in [9.17, 15) is 0 Å². The molecule has 4 heteroatoms. The summed E-state index contributed by atoms with van der Waals surface area (Å²) in [5.74, 6) is 9.75. The van der Waals surface area contributed by atoms with Gasteiger partial charge in [0.2, 0.25) is 0 Å². The van der Waals surface area contributed by atoms with E-state index >= 15 is 0 Å². The summed E-state index contributed by atoms with van der Waals surface area (Å²) in [6.45, 7) is 23.4. The lowest BCUT2D eigenvalue weighted by atomic mass is 9.54. The Morgan fingerprint density at radius 2 is 0.706 bits per heavy atom. The average Bonchev–Trinajstić information content (AvgIpc) is 3.55. The third-order valence-electron chi connectivity index (χ3n) is 16.6. The SMILES string of the molecule is CC(C)[Si](C)(C)[Si]12C3(C4CC5CC(C4)CC3C5)[Si]1([Si](C)(C)C(C)C)C21C2CC3CC(C2)CC1C3. The number of rotatable bonds is 4. The van der Waals surface area contributed by atoms with Gasteiger partial charge in [0.25, 0.3) is 0 Å². The van der Waals surface area contributed by atoms with Gasteiger partial charge in [-0.15, -0.1) is 0 Å². The summed E-state index contributed by atoms with van der Waals surface area (Å²) in [5, 5.41) is 0. The number of hydrogen-bond acceptors (Lipinski definition) is 0. The molecule has 10 aliphatic rings. The highest BCUT2D eigenvalue weighted by Gasteiger charge is 3.20. The Bertz CT molecular complexity index is 799. The molecule has 10 fully saturated rings. The molecular formula is C30H54Si4. The van der Waals surface area contributed by atoms with Gasteiger partial charge in [0.05, 0.1) is 0 Å². The Hall–Kier alpha value is 0.868. The molecule has 190 valence electrons. The molecule has 8 bridgehead atoms. The summed E-state index contributed by atoms with van der Waals surface area (Å²) < 4.78 is 2.20. The van der Waals surface area contributed by atoms with Crippen LogP contribution in [0.3, 0.4) is 0 Å². The molecule has 0 N–H and O–H groups in total. The lowest BCUT2D eigenvalue weighted by Crippen LogP contribution is -2.68. The van der Waals surface area contributed by atoms with Crippen molar-refractivity contribution in [3.63, 3.8) is 0 Å². The normalized spacial score (nSPS) is 60.2. The Labute approximate surface area is 214 Å². The summed E-state index contributed by atoms with van der Waals surface area (Å²) in [6.07, 6.45) is 17.2. The summed E-state index contributed by atoms with van der Waals surface area (Å²) in [4.78, 5) is 0. The topological polar surface area (TPSA) is 0 Å². The maximum absolute atomic E-state index is 3.08. The predicted molar refractivity (Wildman–Crippen MR) is 156 cm³/mol. The van der Waals surface area contributed by atoms with Crippen LogP contribution in [0.1, 0.15) is 91.9 Å². The molecule has 2 saturated heterocycles. The zero-order chi connectivity index (χ0) is 23.8. The monoisotopic (exact) mass is 526 g/mol. The fourth-order valence-electron chi connectivity index (χ4n) is 16.1. The van der Waals surface area contributed by atoms with Crippen molar-refractivity contribution in [1.29, 1.82) is 0 Å². The molecule has 8 saturated carbocycles. The molecule has 0 aromatic rings. The second-order valence-corrected chi connectivity index (χ2v) is 53.8. The van der Waals surface area contributed by atoms with E-state index in [0.29, 0.717) is 0 Å². The minimum Gasteiger partial charge on any atom is -0.0713 e. The Kier molecular flexibility index (Phi) is 4.16. The first-order chi connectivity index (χ1) is 16.0. The van der Waals surface area contributed by atoms with Crippen molar-refractivity contribution >= 4 is 29.4 Å². The van der Waals surface area contributed by atoms with E-state index in [2.05, 4.69) is 53.9 Å². The molecule has 0 amide bonds. The van der Waals surface area contributed by atoms with Crippen molar-refractivity contribution in [1.82, 2.24) is 0 Å². The van der Waals surface area contributed by atoms with Crippen molar-refractivity contribution < 1.29 is 0 Å². The highest BCUT2D eigenvalue weighted by Crippen LogP contribution is 3.11. The quantitative estimate of drug-likeness (QED) is 0.321. The zero-order valence-corrected chi connectivity index (χ0v) is 27.8. The van der Waals surface area contributed by atoms with Crippen LogP contribution in [0.15, 0.2) is 0 Å². The third kappa shape index (κ3) is 1.81. The second kappa shape index (κ2) is 6.19. The molecule has 2 spiro atoms. The van der Waals surface area contributed by atoms with Crippen molar-refractivity contribution in [3.8, 4) is 0 Å². The molecule has 0 radical (unpaired) electrons. The average molecular weight is 527 g/mol. The van der Waals surface area contributed by atoms with Gasteiger partial charge in [-0.05, 0) is 121 Å². The second-order valence-electron chi connectivity index (χ2n) is 17.6. The van der Waals surface area contributed by atoms with Crippen LogP contribution >= 0.6 is 0 Å². The Morgan fingerprint density at radius 3 is 0.912 bits per heavy atom. The van der Waals surface area contributed by atoms with Gasteiger partial charge in [-0.2, -0.15) is 0 Å². The molecular weight excluding hydrogens is 473 g/mol. The van der Waals surface area contributed by atoms with Crippen molar-refractivity contribution in [2.75, 3.05) is 0 Å². The van der Waals surface area contributed by atoms with E-state index in [1.165, 1.54) is 47.3 Å². The maximum Gasteiger partial charge on any atom is 0.0483 e. The predicted octanol–water partition coefficient (Wildman–Crippen LogP) is 8.85. The summed E-state index contributed by atoms with van der Waals surface area (Å²) in [6, 6.07) is 0. The minimum absolute atomic E-state index is 1.05. The number of hydrogen-bond donors (Lipinski definition) is 0. The molecule has 0 aromatic carbocycles.